The van der Waals surface area contributed by atoms with Gasteiger partial charge >= 0.3 is 0 Å². The van der Waals surface area contributed by atoms with Gasteiger partial charge in [-0.1, -0.05) is 65.2 Å². The number of hydrogen-bond acceptors (Lipinski definition) is 0. The second-order valence-electron chi connectivity index (χ2n) is 8.36. The predicted octanol–water partition coefficient (Wildman–Crippen LogP) is 6.73. The molecular weight excluding hydrogens is 240 g/mol. The fourth-order valence-electron chi connectivity index (χ4n) is 7.03. The molecule has 0 radical (unpaired) electrons. The predicted molar refractivity (Wildman–Crippen MR) is 87.8 cm³/mol. The first kappa shape index (κ1) is 14.9. The Morgan fingerprint density at radius 1 is 0.750 bits per heavy atom. The lowest BCUT2D eigenvalue weighted by Gasteiger charge is -2.58. The Balaban J connectivity index is 1.95. The molecule has 116 valence electrons. The van der Waals surface area contributed by atoms with E-state index in [9.17, 15) is 0 Å². The molecule has 3 aliphatic rings. The molecule has 0 bridgehead atoms. The zero-order chi connectivity index (χ0) is 14.1. The Morgan fingerprint density at radius 3 is 1.95 bits per heavy atom. The van der Waals surface area contributed by atoms with Gasteiger partial charge in [-0.15, -0.1) is 0 Å². The summed E-state index contributed by atoms with van der Waals surface area (Å²) in [7, 11) is 0. The molecule has 2 unspecified atom stereocenters. The summed E-state index contributed by atoms with van der Waals surface area (Å²) < 4.78 is 0. The Bertz CT molecular complexity index is 306. The summed E-state index contributed by atoms with van der Waals surface area (Å²) >= 11 is 0. The summed E-state index contributed by atoms with van der Waals surface area (Å²) in [6, 6.07) is 0. The summed E-state index contributed by atoms with van der Waals surface area (Å²) in [6.45, 7) is 5.16. The van der Waals surface area contributed by atoms with Gasteiger partial charge in [0.25, 0.3) is 0 Å². The number of hydrogen-bond donors (Lipinski definition) is 0. The molecule has 0 N–H and O–H groups in total. The molecule has 2 atom stereocenters. The molecular formula is C20H36. The highest BCUT2D eigenvalue weighted by molar-refractivity contribution is 5.07. The molecule has 3 fully saturated rings. The monoisotopic (exact) mass is 276 g/mol. The summed E-state index contributed by atoms with van der Waals surface area (Å²) in [5, 5.41) is 0. The van der Waals surface area contributed by atoms with Crippen molar-refractivity contribution in [2.24, 2.45) is 22.7 Å². The van der Waals surface area contributed by atoms with Crippen molar-refractivity contribution < 1.29 is 0 Å². The van der Waals surface area contributed by atoms with Gasteiger partial charge in [0.1, 0.15) is 0 Å². The van der Waals surface area contributed by atoms with Crippen LogP contribution in [0.2, 0.25) is 0 Å². The van der Waals surface area contributed by atoms with Crippen molar-refractivity contribution in [3.63, 3.8) is 0 Å². The van der Waals surface area contributed by atoms with Crippen LogP contribution >= 0.6 is 0 Å². The van der Waals surface area contributed by atoms with Crippen LogP contribution in [0.1, 0.15) is 104 Å². The molecule has 0 aromatic carbocycles. The lowest BCUT2D eigenvalue weighted by Crippen LogP contribution is -2.50. The molecule has 0 aromatic rings. The summed E-state index contributed by atoms with van der Waals surface area (Å²) in [5.41, 5.74) is 1.46. The third kappa shape index (κ3) is 2.17. The van der Waals surface area contributed by atoms with Crippen LogP contribution < -0.4 is 0 Å². The average molecular weight is 277 g/mol. The Labute approximate surface area is 127 Å². The molecule has 0 aliphatic heterocycles. The molecule has 20 heavy (non-hydrogen) atoms. The van der Waals surface area contributed by atoms with Gasteiger partial charge in [0.15, 0.2) is 0 Å². The summed E-state index contributed by atoms with van der Waals surface area (Å²) in [4.78, 5) is 0. The van der Waals surface area contributed by atoms with Crippen molar-refractivity contribution >= 4 is 0 Å². The second-order valence-corrected chi connectivity index (χ2v) is 8.36. The van der Waals surface area contributed by atoms with E-state index in [1.165, 1.54) is 57.8 Å². The quantitative estimate of drug-likeness (QED) is 0.536. The first-order chi connectivity index (χ1) is 9.75. The van der Waals surface area contributed by atoms with Crippen LogP contribution in [-0.2, 0) is 0 Å². The van der Waals surface area contributed by atoms with E-state index < -0.39 is 0 Å². The fraction of sp³-hybridized carbons (Fsp3) is 1.00. The van der Waals surface area contributed by atoms with Crippen LogP contribution in [0.15, 0.2) is 0 Å². The Hall–Kier alpha value is 0. The van der Waals surface area contributed by atoms with Crippen LogP contribution in [0, 0.1) is 22.7 Å². The maximum Gasteiger partial charge on any atom is -0.0187 e. The van der Waals surface area contributed by atoms with E-state index in [1.807, 2.05) is 0 Å². The van der Waals surface area contributed by atoms with Crippen LogP contribution in [0.25, 0.3) is 0 Å². The molecule has 3 saturated carbocycles. The molecule has 0 aromatic heterocycles. The van der Waals surface area contributed by atoms with Crippen molar-refractivity contribution in [2.45, 2.75) is 104 Å². The van der Waals surface area contributed by atoms with Gasteiger partial charge in [-0.25, -0.2) is 0 Å². The van der Waals surface area contributed by atoms with Crippen LogP contribution in [-0.4, -0.2) is 0 Å². The van der Waals surface area contributed by atoms with E-state index in [0.717, 1.165) is 22.7 Å². The van der Waals surface area contributed by atoms with E-state index in [2.05, 4.69) is 13.8 Å². The largest absolute Gasteiger partial charge is 0.0648 e. The summed E-state index contributed by atoms with van der Waals surface area (Å²) in [5.74, 6) is 2.08. The van der Waals surface area contributed by atoms with Gasteiger partial charge in [-0.3, -0.25) is 0 Å². The highest BCUT2D eigenvalue weighted by atomic mass is 14.6. The average Bonchev–Trinajstić information content (AvgIpc) is 2.92. The van der Waals surface area contributed by atoms with Crippen molar-refractivity contribution in [1.29, 1.82) is 0 Å². The SMILES string of the molecule is CCC1(C2(C3CCCCC3)CCCC2C)CCCCC1. The lowest BCUT2D eigenvalue weighted by atomic mass is 9.46. The van der Waals surface area contributed by atoms with Crippen LogP contribution in [0.3, 0.4) is 0 Å². The van der Waals surface area contributed by atoms with E-state index in [0.29, 0.717) is 0 Å². The topological polar surface area (TPSA) is 0 Å². The first-order valence-electron chi connectivity index (χ1n) is 9.75. The Kier molecular flexibility index (Phi) is 4.48. The zero-order valence-corrected chi connectivity index (χ0v) is 14.1. The van der Waals surface area contributed by atoms with E-state index in [-0.39, 0.29) is 0 Å². The standard InChI is InChI=1S/C20H36/c1-3-19(14-8-5-9-15-19)20(16-10-11-17(20)2)18-12-6-4-7-13-18/h17-18H,3-16H2,1-2H3. The van der Waals surface area contributed by atoms with Crippen molar-refractivity contribution in [1.82, 2.24) is 0 Å². The highest BCUT2D eigenvalue weighted by Crippen LogP contribution is 2.67. The molecule has 3 rings (SSSR count). The molecule has 0 heterocycles. The molecule has 0 nitrogen and oxygen atoms in total. The van der Waals surface area contributed by atoms with Crippen molar-refractivity contribution in [2.75, 3.05) is 0 Å². The molecule has 0 amide bonds. The fourth-order valence-corrected chi connectivity index (χ4v) is 7.03. The van der Waals surface area contributed by atoms with Crippen LogP contribution in [0.5, 0.6) is 0 Å². The summed E-state index contributed by atoms with van der Waals surface area (Å²) in [6.07, 6.45) is 21.5. The normalized spacial score (nSPS) is 39.0. The van der Waals surface area contributed by atoms with E-state index >= 15 is 0 Å². The van der Waals surface area contributed by atoms with Gasteiger partial charge in [0.2, 0.25) is 0 Å². The lowest BCUT2D eigenvalue weighted by molar-refractivity contribution is -0.0918. The van der Waals surface area contributed by atoms with E-state index in [4.69, 9.17) is 0 Å². The van der Waals surface area contributed by atoms with Crippen molar-refractivity contribution in [3.8, 4) is 0 Å². The molecule has 3 aliphatic carbocycles. The maximum atomic E-state index is 2.63. The minimum absolute atomic E-state index is 0.725. The van der Waals surface area contributed by atoms with Gasteiger partial charge in [0, 0.05) is 0 Å². The van der Waals surface area contributed by atoms with Gasteiger partial charge in [-0.05, 0) is 61.2 Å². The highest BCUT2D eigenvalue weighted by Gasteiger charge is 2.58. The first-order valence-corrected chi connectivity index (χ1v) is 9.75. The molecule has 0 heteroatoms. The smallest absolute Gasteiger partial charge is 0.0187 e. The maximum absolute atomic E-state index is 2.63. The second kappa shape index (κ2) is 6.01. The third-order valence-electron chi connectivity index (χ3n) is 7.92. The van der Waals surface area contributed by atoms with Gasteiger partial charge in [0.05, 0.1) is 0 Å². The minimum Gasteiger partial charge on any atom is -0.0648 e. The zero-order valence-electron chi connectivity index (χ0n) is 14.1. The molecule has 0 saturated heterocycles. The third-order valence-corrected chi connectivity index (χ3v) is 7.92. The van der Waals surface area contributed by atoms with Gasteiger partial charge in [-0.2, -0.15) is 0 Å². The Morgan fingerprint density at radius 2 is 1.40 bits per heavy atom. The van der Waals surface area contributed by atoms with E-state index in [1.54, 1.807) is 32.1 Å². The van der Waals surface area contributed by atoms with Crippen LogP contribution in [0.4, 0.5) is 0 Å². The van der Waals surface area contributed by atoms with Gasteiger partial charge < -0.3 is 0 Å². The minimum atomic E-state index is 0.725. The number of rotatable bonds is 3. The van der Waals surface area contributed by atoms with Crippen molar-refractivity contribution in [3.05, 3.63) is 0 Å². The molecule has 0 spiro atoms.